The Kier molecular flexibility index (Phi) is 6.30. The monoisotopic (exact) mass is 242 g/mol. The van der Waals surface area contributed by atoms with Gasteiger partial charge in [0.05, 0.1) is 10.6 Å². The molecule has 1 rings (SSSR count). The van der Waals surface area contributed by atoms with Crippen LogP contribution in [0.25, 0.3) is 0 Å². The van der Waals surface area contributed by atoms with Crippen LogP contribution in [-0.4, -0.2) is 20.3 Å². The van der Waals surface area contributed by atoms with Gasteiger partial charge < -0.3 is 0 Å². The molecule has 16 heavy (non-hydrogen) atoms. The van der Waals surface area contributed by atoms with Crippen molar-refractivity contribution in [1.82, 2.24) is 0 Å². The Balaban J connectivity index is 0.000000673. The van der Waals surface area contributed by atoms with E-state index in [4.69, 9.17) is 9.59 Å². The topological polar surface area (TPSA) is 68.3 Å². The van der Waals surface area contributed by atoms with Gasteiger partial charge in [-0.1, -0.05) is 32.0 Å². The summed E-state index contributed by atoms with van der Waals surface area (Å²) in [6.45, 7) is 3.81. The maximum atomic E-state index is 11.6. The van der Waals surface area contributed by atoms with Gasteiger partial charge in [0.2, 0.25) is 0 Å². The summed E-state index contributed by atoms with van der Waals surface area (Å²) >= 11 is 0. The molecule has 0 spiro atoms. The smallest absolute Gasteiger partial charge is 0.224 e. The lowest BCUT2D eigenvalue weighted by atomic mass is 10.3. The minimum atomic E-state index is -3.06. The first-order valence-corrected chi connectivity index (χ1v) is 6.36. The van der Waals surface area contributed by atoms with E-state index in [-0.39, 0.29) is 17.8 Å². The Morgan fingerprint density at radius 1 is 1.12 bits per heavy atom. The van der Waals surface area contributed by atoms with Gasteiger partial charge >= 0.3 is 6.15 Å². The van der Waals surface area contributed by atoms with Crippen molar-refractivity contribution in [3.63, 3.8) is 0 Å². The molecule has 0 heterocycles. The van der Waals surface area contributed by atoms with Gasteiger partial charge in [-0.2, -0.15) is 9.59 Å². The maximum absolute atomic E-state index is 11.6. The van der Waals surface area contributed by atoms with Gasteiger partial charge in [0, 0.05) is 0 Å². The van der Waals surface area contributed by atoms with E-state index in [0.717, 1.165) is 0 Å². The average Bonchev–Trinajstić information content (AvgIpc) is 2.18. The van der Waals surface area contributed by atoms with Gasteiger partial charge in [0.25, 0.3) is 0 Å². The van der Waals surface area contributed by atoms with Crippen LogP contribution in [0.4, 0.5) is 0 Å². The molecular formula is C11H14O4S. The normalized spacial score (nSPS) is 10.2. The fraction of sp³-hybridized carbons (Fsp3) is 0.364. The van der Waals surface area contributed by atoms with Gasteiger partial charge in [-0.05, 0) is 18.1 Å². The molecule has 4 nitrogen and oxygen atoms in total. The molecule has 0 bridgehead atoms. The zero-order valence-electron chi connectivity index (χ0n) is 9.21. The van der Waals surface area contributed by atoms with E-state index < -0.39 is 9.84 Å². The number of hydrogen-bond donors (Lipinski definition) is 0. The summed E-state index contributed by atoms with van der Waals surface area (Å²) in [5.74, 6) is 0.391. The summed E-state index contributed by atoms with van der Waals surface area (Å²) in [5, 5.41) is 0. The fourth-order valence-electron chi connectivity index (χ4n) is 1.16. The fourth-order valence-corrected chi connectivity index (χ4v) is 2.80. The van der Waals surface area contributed by atoms with Crippen LogP contribution >= 0.6 is 0 Å². The lowest BCUT2D eigenvalue weighted by molar-refractivity contribution is -0.191. The van der Waals surface area contributed by atoms with Crippen LogP contribution in [0.15, 0.2) is 35.2 Å². The van der Waals surface area contributed by atoms with Gasteiger partial charge in [-0.25, -0.2) is 8.42 Å². The molecule has 0 N–H and O–H groups in total. The number of sulfone groups is 1. The largest absolute Gasteiger partial charge is 0.373 e. The number of benzene rings is 1. The highest BCUT2D eigenvalue weighted by Crippen LogP contribution is 2.12. The Labute approximate surface area is 95.2 Å². The van der Waals surface area contributed by atoms with Gasteiger partial charge in [-0.3, -0.25) is 0 Å². The van der Waals surface area contributed by atoms with Crippen LogP contribution in [0.3, 0.4) is 0 Å². The number of carbonyl (C=O) groups excluding carboxylic acids is 2. The van der Waals surface area contributed by atoms with Gasteiger partial charge in [0.15, 0.2) is 9.84 Å². The van der Waals surface area contributed by atoms with Crippen molar-refractivity contribution >= 4 is 16.0 Å². The molecule has 0 radical (unpaired) electrons. The molecular weight excluding hydrogens is 228 g/mol. The summed E-state index contributed by atoms with van der Waals surface area (Å²) in [5.41, 5.74) is 0. The molecule has 1 aromatic carbocycles. The highest BCUT2D eigenvalue weighted by molar-refractivity contribution is 7.91. The quantitative estimate of drug-likeness (QED) is 0.806. The molecule has 1 aromatic rings. The van der Waals surface area contributed by atoms with Crippen molar-refractivity contribution in [1.29, 1.82) is 0 Å². The predicted molar refractivity (Wildman–Crippen MR) is 58.3 cm³/mol. The summed E-state index contributed by atoms with van der Waals surface area (Å²) in [4.78, 5) is 16.7. The van der Waals surface area contributed by atoms with E-state index in [9.17, 15) is 8.42 Å². The molecule has 0 atom stereocenters. The van der Waals surface area contributed by atoms with E-state index in [1.807, 2.05) is 19.9 Å². The third-order valence-electron chi connectivity index (χ3n) is 1.66. The first-order chi connectivity index (χ1) is 7.44. The third kappa shape index (κ3) is 5.44. The van der Waals surface area contributed by atoms with Crippen LogP contribution in [-0.2, 0) is 19.4 Å². The summed E-state index contributed by atoms with van der Waals surface area (Å²) < 4.78 is 23.3. The highest BCUT2D eigenvalue weighted by atomic mass is 32.2. The van der Waals surface area contributed by atoms with Crippen molar-refractivity contribution < 1.29 is 18.0 Å². The molecule has 0 aliphatic rings. The van der Waals surface area contributed by atoms with Crippen molar-refractivity contribution in [2.45, 2.75) is 18.7 Å². The molecule has 5 heteroatoms. The Hall–Kier alpha value is -1.45. The molecule has 0 unspecified atom stereocenters. The zero-order chi connectivity index (χ0) is 12.6. The van der Waals surface area contributed by atoms with Crippen molar-refractivity contribution in [3.8, 4) is 0 Å². The Morgan fingerprint density at radius 3 is 1.94 bits per heavy atom. The van der Waals surface area contributed by atoms with Gasteiger partial charge in [0.1, 0.15) is 0 Å². The standard InChI is InChI=1S/C10H14O2S.CO2/c1-9(2)8-13(11,12)10-6-4-3-5-7-10;2-1-3/h3-7,9H,8H2,1-2H3;. The van der Waals surface area contributed by atoms with Crippen molar-refractivity contribution in [2.75, 3.05) is 5.75 Å². The highest BCUT2D eigenvalue weighted by Gasteiger charge is 2.14. The molecule has 0 saturated heterocycles. The number of rotatable bonds is 3. The van der Waals surface area contributed by atoms with E-state index in [2.05, 4.69) is 0 Å². The molecule has 0 amide bonds. The van der Waals surface area contributed by atoms with Crippen molar-refractivity contribution in [2.24, 2.45) is 5.92 Å². The van der Waals surface area contributed by atoms with E-state index >= 15 is 0 Å². The van der Waals surface area contributed by atoms with Crippen LogP contribution in [0.2, 0.25) is 0 Å². The summed E-state index contributed by atoms with van der Waals surface area (Å²) in [6, 6.07) is 8.57. The molecule has 0 aromatic heterocycles. The Morgan fingerprint density at radius 2 is 1.56 bits per heavy atom. The van der Waals surface area contributed by atoms with E-state index in [1.165, 1.54) is 0 Å². The predicted octanol–water partition coefficient (Wildman–Crippen LogP) is 1.53. The lowest BCUT2D eigenvalue weighted by Crippen LogP contribution is -2.11. The van der Waals surface area contributed by atoms with Gasteiger partial charge in [-0.15, -0.1) is 0 Å². The summed E-state index contributed by atoms with van der Waals surface area (Å²) in [6.07, 6.45) is 0.250. The first kappa shape index (κ1) is 14.6. The second-order valence-electron chi connectivity index (χ2n) is 3.57. The van der Waals surface area contributed by atoms with Crippen LogP contribution in [0.5, 0.6) is 0 Å². The van der Waals surface area contributed by atoms with Crippen LogP contribution in [0.1, 0.15) is 13.8 Å². The molecule has 0 fully saturated rings. The van der Waals surface area contributed by atoms with Crippen LogP contribution < -0.4 is 0 Å². The molecule has 0 aliphatic carbocycles. The SMILES string of the molecule is CC(C)CS(=O)(=O)c1ccccc1.O=C=O. The molecule has 0 saturated carbocycles. The third-order valence-corrected chi connectivity index (χ3v) is 3.75. The summed E-state index contributed by atoms with van der Waals surface area (Å²) in [7, 11) is -3.06. The minimum Gasteiger partial charge on any atom is -0.224 e. The lowest BCUT2D eigenvalue weighted by Gasteiger charge is -2.05. The first-order valence-electron chi connectivity index (χ1n) is 4.71. The maximum Gasteiger partial charge on any atom is 0.373 e. The zero-order valence-corrected chi connectivity index (χ0v) is 10.0. The molecule has 0 aliphatic heterocycles. The average molecular weight is 242 g/mol. The van der Waals surface area contributed by atoms with Crippen LogP contribution in [0, 0.1) is 5.92 Å². The van der Waals surface area contributed by atoms with E-state index in [0.29, 0.717) is 4.90 Å². The number of hydrogen-bond acceptors (Lipinski definition) is 4. The van der Waals surface area contributed by atoms with E-state index in [1.54, 1.807) is 24.3 Å². The molecule has 88 valence electrons. The van der Waals surface area contributed by atoms with Crippen molar-refractivity contribution in [3.05, 3.63) is 30.3 Å². The second kappa shape index (κ2) is 6.93. The second-order valence-corrected chi connectivity index (χ2v) is 5.61. The minimum absolute atomic E-state index is 0.171. The Bertz CT molecular complexity index is 428.